The molecule has 1 saturated carbocycles. The third-order valence-electron chi connectivity index (χ3n) is 3.50. The lowest BCUT2D eigenvalue weighted by Crippen LogP contribution is -2.22. The van der Waals surface area contributed by atoms with E-state index in [2.05, 4.69) is 6.92 Å². The van der Waals surface area contributed by atoms with Gasteiger partial charge in [0.25, 0.3) is 0 Å². The first kappa shape index (κ1) is 12.2. The molecule has 1 nitrogen and oxygen atoms in total. The van der Waals surface area contributed by atoms with Crippen molar-refractivity contribution < 1.29 is 13.6 Å². The van der Waals surface area contributed by atoms with Gasteiger partial charge in [0.1, 0.15) is 11.6 Å². The number of hydrogen-bond donors (Lipinski definition) is 0. The minimum absolute atomic E-state index is 0.0934. The molecule has 1 aromatic rings. The quantitative estimate of drug-likeness (QED) is 0.712. The third-order valence-corrected chi connectivity index (χ3v) is 3.50. The summed E-state index contributed by atoms with van der Waals surface area (Å²) in [4.78, 5) is 12.1. The molecule has 0 spiro atoms. The number of Topliss-reactive ketones (excluding diaryl/α,β-unsaturated/α-hetero) is 1. The fraction of sp³-hybridized carbons (Fsp3) is 0.500. The smallest absolute Gasteiger partial charge is 0.168 e. The highest BCUT2D eigenvalue weighted by molar-refractivity contribution is 5.98. The summed E-state index contributed by atoms with van der Waals surface area (Å²) in [7, 11) is 0. The van der Waals surface area contributed by atoms with Crippen LogP contribution in [0.4, 0.5) is 8.78 Å². The minimum atomic E-state index is -0.616. The average molecular weight is 238 g/mol. The topological polar surface area (TPSA) is 17.1 Å². The lowest BCUT2D eigenvalue weighted by Gasteiger charge is -2.25. The van der Waals surface area contributed by atoms with Crippen LogP contribution in [0.5, 0.6) is 0 Å². The van der Waals surface area contributed by atoms with Crippen molar-refractivity contribution in [3.8, 4) is 0 Å². The molecule has 0 N–H and O–H groups in total. The maximum atomic E-state index is 13.5. The summed E-state index contributed by atoms with van der Waals surface area (Å²) in [6.07, 6.45) is 3.69. The van der Waals surface area contributed by atoms with Crippen LogP contribution in [0.1, 0.15) is 43.0 Å². The second kappa shape index (κ2) is 4.94. The van der Waals surface area contributed by atoms with Gasteiger partial charge in [0.15, 0.2) is 5.78 Å². The van der Waals surface area contributed by atoms with Crippen molar-refractivity contribution in [1.29, 1.82) is 0 Å². The van der Waals surface area contributed by atoms with Gasteiger partial charge in [-0.25, -0.2) is 8.78 Å². The normalized spacial score (nSPS) is 24.6. The van der Waals surface area contributed by atoms with E-state index in [0.717, 1.165) is 43.9 Å². The van der Waals surface area contributed by atoms with Gasteiger partial charge in [-0.15, -0.1) is 0 Å². The predicted octanol–water partition coefficient (Wildman–Crippen LogP) is 3.97. The molecule has 17 heavy (non-hydrogen) atoms. The Morgan fingerprint density at radius 3 is 2.76 bits per heavy atom. The van der Waals surface area contributed by atoms with Gasteiger partial charge in [0.05, 0.1) is 5.56 Å². The van der Waals surface area contributed by atoms with Gasteiger partial charge in [-0.2, -0.15) is 0 Å². The molecule has 0 radical (unpaired) electrons. The highest BCUT2D eigenvalue weighted by Crippen LogP contribution is 2.31. The third kappa shape index (κ3) is 2.71. The molecule has 1 aliphatic rings. The summed E-state index contributed by atoms with van der Waals surface area (Å²) in [5.41, 5.74) is -0.0934. The SMILES string of the molecule is CC1CCCC(C(=O)c2cc(F)ccc2F)C1. The number of benzene rings is 1. The van der Waals surface area contributed by atoms with E-state index < -0.39 is 11.6 Å². The summed E-state index contributed by atoms with van der Waals surface area (Å²) >= 11 is 0. The molecular weight excluding hydrogens is 222 g/mol. The molecular formula is C14H16F2O. The van der Waals surface area contributed by atoms with Crippen LogP contribution >= 0.6 is 0 Å². The predicted molar refractivity (Wildman–Crippen MR) is 61.8 cm³/mol. The Labute approximate surface area is 99.8 Å². The van der Waals surface area contributed by atoms with Crippen LogP contribution in [0.2, 0.25) is 0 Å². The molecule has 2 atom stereocenters. The highest BCUT2D eigenvalue weighted by atomic mass is 19.1. The zero-order valence-electron chi connectivity index (χ0n) is 9.88. The van der Waals surface area contributed by atoms with Crippen LogP contribution in [-0.4, -0.2) is 5.78 Å². The highest BCUT2D eigenvalue weighted by Gasteiger charge is 2.27. The minimum Gasteiger partial charge on any atom is -0.294 e. The Kier molecular flexibility index (Phi) is 3.55. The number of carbonyl (C=O) groups excluding carboxylic acids is 1. The summed E-state index contributed by atoms with van der Waals surface area (Å²) in [6.45, 7) is 2.10. The fourth-order valence-electron chi connectivity index (χ4n) is 2.58. The zero-order valence-corrected chi connectivity index (χ0v) is 9.88. The van der Waals surface area contributed by atoms with Crippen molar-refractivity contribution in [3.63, 3.8) is 0 Å². The van der Waals surface area contributed by atoms with E-state index >= 15 is 0 Å². The molecule has 0 saturated heterocycles. The monoisotopic (exact) mass is 238 g/mol. The van der Waals surface area contributed by atoms with Gasteiger partial charge in [-0.1, -0.05) is 19.8 Å². The van der Waals surface area contributed by atoms with Crippen molar-refractivity contribution in [2.75, 3.05) is 0 Å². The zero-order chi connectivity index (χ0) is 12.4. The van der Waals surface area contributed by atoms with Crippen LogP contribution in [-0.2, 0) is 0 Å². The lowest BCUT2D eigenvalue weighted by atomic mass is 9.78. The summed E-state index contributed by atoms with van der Waals surface area (Å²) in [5.74, 6) is -1.06. The summed E-state index contributed by atoms with van der Waals surface area (Å²) < 4.78 is 26.5. The Bertz CT molecular complexity index is 428. The van der Waals surface area contributed by atoms with Crippen LogP contribution in [0.3, 0.4) is 0 Å². The molecule has 0 bridgehead atoms. The molecule has 2 rings (SSSR count). The maximum absolute atomic E-state index is 13.5. The second-order valence-corrected chi connectivity index (χ2v) is 4.96. The van der Waals surface area contributed by atoms with Crippen molar-refractivity contribution >= 4 is 5.78 Å². The molecule has 0 amide bonds. The van der Waals surface area contributed by atoms with E-state index in [-0.39, 0.29) is 17.3 Å². The second-order valence-electron chi connectivity index (χ2n) is 4.96. The van der Waals surface area contributed by atoms with Crippen LogP contribution < -0.4 is 0 Å². The number of carbonyl (C=O) groups is 1. The first-order chi connectivity index (χ1) is 8.08. The molecule has 0 aliphatic heterocycles. The van der Waals surface area contributed by atoms with Gasteiger partial charge in [-0.3, -0.25) is 4.79 Å². The molecule has 1 fully saturated rings. The van der Waals surface area contributed by atoms with E-state index in [1.165, 1.54) is 0 Å². The van der Waals surface area contributed by atoms with Crippen molar-refractivity contribution in [3.05, 3.63) is 35.4 Å². The van der Waals surface area contributed by atoms with Gasteiger partial charge in [0.2, 0.25) is 0 Å². The first-order valence-corrected chi connectivity index (χ1v) is 6.07. The Hall–Kier alpha value is -1.25. The largest absolute Gasteiger partial charge is 0.294 e. The molecule has 1 aromatic carbocycles. The Balaban J connectivity index is 2.21. The van der Waals surface area contributed by atoms with E-state index in [0.29, 0.717) is 5.92 Å². The molecule has 0 heterocycles. The molecule has 0 aromatic heterocycles. The van der Waals surface area contributed by atoms with Crippen molar-refractivity contribution in [2.45, 2.75) is 32.6 Å². The van der Waals surface area contributed by atoms with Gasteiger partial charge in [-0.05, 0) is 37.0 Å². The standard InChI is InChI=1S/C14H16F2O/c1-9-3-2-4-10(7-9)14(17)12-8-11(15)5-6-13(12)16/h5-6,8-10H,2-4,7H2,1H3. The van der Waals surface area contributed by atoms with Crippen molar-refractivity contribution in [1.82, 2.24) is 0 Å². The van der Waals surface area contributed by atoms with Crippen LogP contribution in [0.15, 0.2) is 18.2 Å². The van der Waals surface area contributed by atoms with Gasteiger partial charge < -0.3 is 0 Å². The van der Waals surface area contributed by atoms with Gasteiger partial charge >= 0.3 is 0 Å². The molecule has 1 aliphatic carbocycles. The Morgan fingerprint density at radius 2 is 2.06 bits per heavy atom. The lowest BCUT2D eigenvalue weighted by molar-refractivity contribution is 0.0863. The molecule has 92 valence electrons. The number of halogens is 2. The van der Waals surface area contributed by atoms with E-state index in [1.807, 2.05) is 0 Å². The van der Waals surface area contributed by atoms with Crippen LogP contribution in [0, 0.1) is 23.5 Å². The van der Waals surface area contributed by atoms with E-state index in [4.69, 9.17) is 0 Å². The van der Waals surface area contributed by atoms with E-state index in [1.54, 1.807) is 0 Å². The number of ketones is 1. The van der Waals surface area contributed by atoms with Gasteiger partial charge in [0, 0.05) is 5.92 Å². The molecule has 3 heteroatoms. The number of hydrogen-bond acceptors (Lipinski definition) is 1. The number of rotatable bonds is 2. The molecule has 2 unspecified atom stereocenters. The Morgan fingerprint density at radius 1 is 1.29 bits per heavy atom. The van der Waals surface area contributed by atoms with Crippen molar-refractivity contribution in [2.24, 2.45) is 11.8 Å². The first-order valence-electron chi connectivity index (χ1n) is 6.07. The van der Waals surface area contributed by atoms with E-state index in [9.17, 15) is 13.6 Å². The summed E-state index contributed by atoms with van der Waals surface area (Å²) in [6, 6.07) is 3.07. The van der Waals surface area contributed by atoms with Crippen LogP contribution in [0.25, 0.3) is 0 Å². The maximum Gasteiger partial charge on any atom is 0.168 e. The fourth-order valence-corrected chi connectivity index (χ4v) is 2.58. The summed E-state index contributed by atoms with van der Waals surface area (Å²) in [5, 5.41) is 0. The average Bonchev–Trinajstić information content (AvgIpc) is 2.31.